The molecule has 1 saturated heterocycles. The molecular formula is C19H29N3OS. The number of fused-ring (bicyclic) bond motifs is 2. The predicted molar refractivity (Wildman–Crippen MR) is 97.4 cm³/mol. The molecule has 2 N–H and O–H groups in total. The lowest BCUT2D eigenvalue weighted by molar-refractivity contribution is -0.113. The third kappa shape index (κ3) is 2.70. The molecule has 2 heterocycles. The lowest BCUT2D eigenvalue weighted by Crippen LogP contribution is -2.60. The molecule has 0 spiro atoms. The molecule has 3 aliphatic carbocycles. The van der Waals surface area contributed by atoms with E-state index in [4.69, 9.17) is 0 Å². The Balaban J connectivity index is 1.39. The molecule has 5 heteroatoms. The normalized spacial score (nSPS) is 35.3. The van der Waals surface area contributed by atoms with Crippen LogP contribution in [0.3, 0.4) is 0 Å². The third-order valence-corrected chi connectivity index (χ3v) is 8.12. The number of amides is 1. The average molecular weight is 348 g/mol. The van der Waals surface area contributed by atoms with Crippen molar-refractivity contribution >= 4 is 17.2 Å². The molecule has 1 aromatic heterocycles. The molecule has 4 atom stereocenters. The van der Waals surface area contributed by atoms with E-state index in [0.29, 0.717) is 29.0 Å². The molecule has 2 bridgehead atoms. The summed E-state index contributed by atoms with van der Waals surface area (Å²) in [6, 6.07) is 0.318. The van der Waals surface area contributed by atoms with Crippen LogP contribution in [0.4, 0.5) is 0 Å². The van der Waals surface area contributed by atoms with E-state index in [2.05, 4.69) is 36.4 Å². The molecule has 132 valence electrons. The van der Waals surface area contributed by atoms with Crippen molar-refractivity contribution < 1.29 is 4.79 Å². The number of hydrogen-bond acceptors (Lipinski definition) is 4. The Morgan fingerprint density at radius 1 is 1.33 bits per heavy atom. The molecule has 4 nitrogen and oxygen atoms in total. The fourth-order valence-electron chi connectivity index (χ4n) is 5.23. The van der Waals surface area contributed by atoms with Crippen molar-refractivity contribution in [1.82, 2.24) is 15.6 Å². The zero-order valence-corrected chi connectivity index (χ0v) is 15.8. The van der Waals surface area contributed by atoms with Gasteiger partial charge in [0.15, 0.2) is 0 Å². The summed E-state index contributed by atoms with van der Waals surface area (Å²) in [5.74, 6) is 2.64. The van der Waals surface area contributed by atoms with Gasteiger partial charge in [-0.05, 0) is 61.9 Å². The zero-order valence-electron chi connectivity index (χ0n) is 15.0. The van der Waals surface area contributed by atoms with E-state index in [1.54, 1.807) is 11.3 Å². The quantitative estimate of drug-likeness (QED) is 0.881. The molecule has 1 aromatic rings. The topological polar surface area (TPSA) is 54.0 Å². The number of nitrogens with zero attached hydrogens (tertiary/aromatic N) is 1. The summed E-state index contributed by atoms with van der Waals surface area (Å²) in [5.41, 5.74) is 1.09. The first-order valence-electron chi connectivity index (χ1n) is 9.44. The number of thiazole rings is 1. The van der Waals surface area contributed by atoms with E-state index in [1.807, 2.05) is 5.38 Å². The molecule has 0 radical (unpaired) electrons. The van der Waals surface area contributed by atoms with Gasteiger partial charge >= 0.3 is 0 Å². The summed E-state index contributed by atoms with van der Waals surface area (Å²) < 4.78 is 0. The number of rotatable bonds is 3. The summed E-state index contributed by atoms with van der Waals surface area (Å²) in [5, 5.41) is 9.77. The van der Waals surface area contributed by atoms with Gasteiger partial charge in [0.2, 0.25) is 0 Å². The van der Waals surface area contributed by atoms with Crippen LogP contribution in [0, 0.1) is 23.2 Å². The van der Waals surface area contributed by atoms with Gasteiger partial charge in [-0.15, -0.1) is 11.3 Å². The van der Waals surface area contributed by atoms with Crippen LogP contribution < -0.4 is 10.6 Å². The highest BCUT2D eigenvalue weighted by molar-refractivity contribution is 7.09. The fourth-order valence-corrected chi connectivity index (χ4v) is 6.20. The third-order valence-electron chi connectivity index (χ3n) is 7.11. The smallest absolute Gasteiger partial charge is 0.270 e. The lowest BCUT2D eigenvalue weighted by atomic mass is 9.45. The highest BCUT2D eigenvalue weighted by Crippen LogP contribution is 2.61. The molecule has 4 unspecified atom stereocenters. The van der Waals surface area contributed by atoms with Crippen LogP contribution in [-0.4, -0.2) is 30.0 Å². The number of carbonyl (C=O) groups is 1. The number of nitrogens with one attached hydrogen (secondary N) is 2. The van der Waals surface area contributed by atoms with Gasteiger partial charge in [0.1, 0.15) is 5.69 Å². The Morgan fingerprint density at radius 2 is 2.08 bits per heavy atom. The van der Waals surface area contributed by atoms with Crippen molar-refractivity contribution in [3.63, 3.8) is 0 Å². The predicted octanol–water partition coefficient (Wildman–Crippen LogP) is 3.41. The number of hydrogen-bond donors (Lipinski definition) is 2. The van der Waals surface area contributed by atoms with Crippen molar-refractivity contribution in [3.05, 3.63) is 16.1 Å². The van der Waals surface area contributed by atoms with Gasteiger partial charge in [-0.25, -0.2) is 4.98 Å². The first-order chi connectivity index (χ1) is 11.5. The van der Waals surface area contributed by atoms with Gasteiger partial charge in [-0.3, -0.25) is 4.79 Å². The molecule has 4 aliphatic rings. The van der Waals surface area contributed by atoms with Crippen LogP contribution in [0.1, 0.15) is 67.9 Å². The molecule has 1 aliphatic heterocycles. The Labute approximate surface area is 148 Å². The minimum Gasteiger partial charge on any atom is -0.348 e. The van der Waals surface area contributed by atoms with E-state index < -0.39 is 0 Å². The summed E-state index contributed by atoms with van der Waals surface area (Å²) in [4.78, 5) is 17.3. The number of aromatic nitrogens is 1. The highest BCUT2D eigenvalue weighted by Gasteiger charge is 2.56. The minimum atomic E-state index is 0.0300. The Hall–Kier alpha value is -0.940. The molecular weight excluding hydrogens is 318 g/mol. The van der Waals surface area contributed by atoms with Crippen molar-refractivity contribution in [2.24, 2.45) is 23.2 Å². The van der Waals surface area contributed by atoms with Crippen LogP contribution in [0.5, 0.6) is 0 Å². The largest absolute Gasteiger partial charge is 0.348 e. The van der Waals surface area contributed by atoms with Crippen LogP contribution >= 0.6 is 11.3 Å². The number of piperidine rings is 1. The van der Waals surface area contributed by atoms with E-state index in [0.717, 1.165) is 49.2 Å². The van der Waals surface area contributed by atoms with Gasteiger partial charge in [-0.1, -0.05) is 20.8 Å². The zero-order chi connectivity index (χ0) is 16.9. The van der Waals surface area contributed by atoms with Crippen LogP contribution in [0.2, 0.25) is 0 Å². The van der Waals surface area contributed by atoms with Crippen molar-refractivity contribution in [2.75, 3.05) is 13.1 Å². The van der Waals surface area contributed by atoms with Crippen LogP contribution in [-0.2, 0) is 0 Å². The summed E-state index contributed by atoms with van der Waals surface area (Å²) in [6.07, 6.45) is 4.73. The first-order valence-corrected chi connectivity index (χ1v) is 10.3. The summed E-state index contributed by atoms with van der Waals surface area (Å²) in [6.45, 7) is 9.22. The standard InChI is InChI=1S/C19H29N3OS/c1-11-14-8-13(19(14,2)3)9-15(11)21-17(23)16-10-24-18(22-16)12-4-6-20-7-5-12/h10-15,20H,4-9H2,1-3H3,(H,21,23). The minimum absolute atomic E-state index is 0.0300. The van der Waals surface area contributed by atoms with E-state index >= 15 is 0 Å². The van der Waals surface area contributed by atoms with Crippen molar-refractivity contribution in [2.45, 2.75) is 58.4 Å². The Bertz CT molecular complexity index is 620. The van der Waals surface area contributed by atoms with Gasteiger partial charge in [0.05, 0.1) is 5.01 Å². The summed E-state index contributed by atoms with van der Waals surface area (Å²) in [7, 11) is 0. The average Bonchev–Trinajstić information content (AvgIpc) is 3.07. The maximum atomic E-state index is 12.7. The maximum Gasteiger partial charge on any atom is 0.270 e. The van der Waals surface area contributed by atoms with Gasteiger partial charge in [0, 0.05) is 17.3 Å². The van der Waals surface area contributed by atoms with E-state index in [1.165, 1.54) is 6.42 Å². The number of carbonyl (C=O) groups excluding carboxylic acids is 1. The monoisotopic (exact) mass is 347 g/mol. The van der Waals surface area contributed by atoms with E-state index in [-0.39, 0.29) is 5.91 Å². The molecule has 3 saturated carbocycles. The molecule has 1 amide bonds. The van der Waals surface area contributed by atoms with Gasteiger partial charge in [-0.2, -0.15) is 0 Å². The van der Waals surface area contributed by atoms with Crippen molar-refractivity contribution in [1.29, 1.82) is 0 Å². The SMILES string of the molecule is CC1C(NC(=O)c2csc(C3CCNCC3)n2)CC2CC1C2(C)C. The molecule has 24 heavy (non-hydrogen) atoms. The Kier molecular flexibility index (Phi) is 4.20. The second-order valence-corrected chi connectivity index (χ2v) is 9.52. The highest BCUT2D eigenvalue weighted by atomic mass is 32.1. The van der Waals surface area contributed by atoms with Gasteiger partial charge < -0.3 is 10.6 Å². The Morgan fingerprint density at radius 3 is 2.75 bits per heavy atom. The second kappa shape index (κ2) is 6.10. The maximum absolute atomic E-state index is 12.7. The molecule has 5 rings (SSSR count). The van der Waals surface area contributed by atoms with Crippen molar-refractivity contribution in [3.8, 4) is 0 Å². The van der Waals surface area contributed by atoms with Gasteiger partial charge in [0.25, 0.3) is 5.91 Å². The molecule has 0 aromatic carbocycles. The molecule has 4 fully saturated rings. The first kappa shape index (κ1) is 16.5. The fraction of sp³-hybridized carbons (Fsp3) is 0.789. The summed E-state index contributed by atoms with van der Waals surface area (Å²) >= 11 is 1.66. The second-order valence-electron chi connectivity index (χ2n) is 8.63. The van der Waals surface area contributed by atoms with E-state index in [9.17, 15) is 4.79 Å². The van der Waals surface area contributed by atoms with Crippen LogP contribution in [0.25, 0.3) is 0 Å². The lowest BCUT2D eigenvalue weighted by Gasteiger charge is -2.62. The van der Waals surface area contributed by atoms with Crippen LogP contribution in [0.15, 0.2) is 5.38 Å².